The molecule has 0 aliphatic carbocycles. The third-order valence-corrected chi connectivity index (χ3v) is 3.10. The lowest BCUT2D eigenvalue weighted by Gasteiger charge is -2.25. The van der Waals surface area contributed by atoms with Gasteiger partial charge in [-0.25, -0.2) is 4.79 Å². The normalized spacial score (nSPS) is 12.9. The minimum absolute atomic E-state index is 0.313. The van der Waals surface area contributed by atoms with Crippen molar-refractivity contribution in [3.05, 3.63) is 73.4 Å². The van der Waals surface area contributed by atoms with Crippen molar-refractivity contribution in [1.29, 1.82) is 0 Å². The van der Waals surface area contributed by atoms with Gasteiger partial charge in [-0.1, -0.05) is 66.8 Å². The molecule has 0 N–H and O–H groups in total. The SMILES string of the molecule is C=CC/C=C\C=C/CN(C=O)[C@@H](CC(=C)/C=C\C=C/C)C(=O)OC. The van der Waals surface area contributed by atoms with Gasteiger partial charge in [0.2, 0.25) is 6.41 Å². The Labute approximate surface area is 145 Å². The van der Waals surface area contributed by atoms with Gasteiger partial charge in [0.25, 0.3) is 0 Å². The van der Waals surface area contributed by atoms with Crippen LogP contribution in [0.5, 0.6) is 0 Å². The van der Waals surface area contributed by atoms with E-state index >= 15 is 0 Å². The summed E-state index contributed by atoms with van der Waals surface area (Å²) in [6, 6.07) is -0.697. The van der Waals surface area contributed by atoms with Crippen molar-refractivity contribution in [2.45, 2.75) is 25.8 Å². The highest BCUT2D eigenvalue weighted by Gasteiger charge is 2.25. The lowest BCUT2D eigenvalue weighted by atomic mass is 10.1. The number of amides is 1. The van der Waals surface area contributed by atoms with Crippen molar-refractivity contribution in [1.82, 2.24) is 4.90 Å². The standard InChI is InChI=1S/C20H27NO3/c1-5-7-9-10-11-13-15-21(17-22)19(20(23)24-4)16-18(3)14-12-8-6-2/h5-6,8-14,17,19H,1,3,7,15-16H2,2,4H3/b8-6-,10-9-,13-11-,14-12-/t19-/m0/s1. The molecule has 0 fully saturated rings. The van der Waals surface area contributed by atoms with Crippen molar-refractivity contribution in [2.75, 3.05) is 13.7 Å². The Balaban J connectivity index is 4.91. The molecule has 0 aromatic carbocycles. The lowest BCUT2D eigenvalue weighted by molar-refractivity contribution is -0.149. The Morgan fingerprint density at radius 2 is 1.92 bits per heavy atom. The van der Waals surface area contributed by atoms with Gasteiger partial charge in [-0.05, 0) is 13.3 Å². The average molecular weight is 329 g/mol. The van der Waals surface area contributed by atoms with Gasteiger partial charge in [0.1, 0.15) is 6.04 Å². The van der Waals surface area contributed by atoms with E-state index < -0.39 is 12.0 Å². The predicted molar refractivity (Wildman–Crippen MR) is 99.4 cm³/mol. The molecule has 4 nitrogen and oxygen atoms in total. The van der Waals surface area contributed by atoms with Crippen molar-refractivity contribution in [3.63, 3.8) is 0 Å². The maximum Gasteiger partial charge on any atom is 0.328 e. The van der Waals surface area contributed by atoms with E-state index in [1.165, 1.54) is 12.0 Å². The molecule has 130 valence electrons. The summed E-state index contributed by atoms with van der Waals surface area (Å²) in [6.07, 6.45) is 18.4. The third kappa shape index (κ3) is 9.41. The van der Waals surface area contributed by atoms with Gasteiger partial charge < -0.3 is 9.64 Å². The van der Waals surface area contributed by atoms with Crippen LogP contribution < -0.4 is 0 Å². The number of hydrogen-bond donors (Lipinski definition) is 0. The quantitative estimate of drug-likeness (QED) is 0.237. The van der Waals surface area contributed by atoms with E-state index in [9.17, 15) is 9.59 Å². The van der Waals surface area contributed by atoms with Crippen LogP contribution >= 0.6 is 0 Å². The first-order valence-corrected chi connectivity index (χ1v) is 7.79. The van der Waals surface area contributed by atoms with E-state index in [2.05, 4.69) is 13.2 Å². The van der Waals surface area contributed by atoms with Gasteiger partial charge >= 0.3 is 5.97 Å². The highest BCUT2D eigenvalue weighted by Crippen LogP contribution is 2.12. The number of esters is 1. The van der Waals surface area contributed by atoms with Gasteiger partial charge in [0.15, 0.2) is 0 Å². The van der Waals surface area contributed by atoms with E-state index in [1.807, 2.05) is 55.5 Å². The number of methoxy groups -OCH3 is 1. The van der Waals surface area contributed by atoms with Crippen molar-refractivity contribution < 1.29 is 14.3 Å². The van der Waals surface area contributed by atoms with E-state index in [4.69, 9.17) is 4.74 Å². The smallest absolute Gasteiger partial charge is 0.328 e. The number of hydrogen-bond acceptors (Lipinski definition) is 3. The Morgan fingerprint density at radius 1 is 1.21 bits per heavy atom. The van der Waals surface area contributed by atoms with Crippen molar-refractivity contribution in [3.8, 4) is 0 Å². The molecule has 0 aromatic heterocycles. The van der Waals surface area contributed by atoms with Crippen LogP contribution in [0.3, 0.4) is 0 Å². The number of allylic oxidation sites excluding steroid dienone is 8. The fourth-order valence-electron chi connectivity index (χ4n) is 1.85. The first-order valence-electron chi connectivity index (χ1n) is 7.79. The van der Waals surface area contributed by atoms with Crippen LogP contribution in [0.25, 0.3) is 0 Å². The zero-order valence-corrected chi connectivity index (χ0v) is 14.6. The molecule has 24 heavy (non-hydrogen) atoms. The maximum absolute atomic E-state index is 12.0. The first kappa shape index (κ1) is 21.4. The Bertz CT molecular complexity index is 527. The molecule has 0 aliphatic heterocycles. The van der Waals surface area contributed by atoms with Gasteiger partial charge in [0.05, 0.1) is 7.11 Å². The van der Waals surface area contributed by atoms with Crippen LogP contribution in [0, 0.1) is 0 Å². The molecular formula is C20H27NO3. The minimum Gasteiger partial charge on any atom is -0.467 e. The molecule has 0 unspecified atom stereocenters. The molecule has 0 radical (unpaired) electrons. The Morgan fingerprint density at radius 3 is 2.50 bits per heavy atom. The summed E-state index contributed by atoms with van der Waals surface area (Å²) < 4.78 is 4.81. The Hall–Kier alpha value is -2.62. The van der Waals surface area contributed by atoms with E-state index in [1.54, 1.807) is 6.08 Å². The summed E-state index contributed by atoms with van der Waals surface area (Å²) in [7, 11) is 1.31. The Kier molecular flexibility index (Phi) is 12.5. The summed E-state index contributed by atoms with van der Waals surface area (Å²) in [5.41, 5.74) is 0.741. The lowest BCUT2D eigenvalue weighted by Crippen LogP contribution is -2.41. The number of rotatable bonds is 12. The molecular weight excluding hydrogens is 302 g/mol. The minimum atomic E-state index is -0.697. The zero-order valence-electron chi connectivity index (χ0n) is 14.6. The molecule has 0 spiro atoms. The monoisotopic (exact) mass is 329 g/mol. The van der Waals surface area contributed by atoms with Crippen molar-refractivity contribution in [2.24, 2.45) is 0 Å². The number of carbonyl (C=O) groups is 2. The number of ether oxygens (including phenoxy) is 1. The molecule has 0 rings (SSSR count). The summed E-state index contributed by atoms with van der Waals surface area (Å²) in [5.74, 6) is -0.460. The maximum atomic E-state index is 12.0. The second-order valence-corrected chi connectivity index (χ2v) is 4.97. The third-order valence-electron chi connectivity index (χ3n) is 3.10. The molecule has 0 aliphatic rings. The summed E-state index contributed by atoms with van der Waals surface area (Å²) >= 11 is 0. The fourth-order valence-corrected chi connectivity index (χ4v) is 1.85. The first-order chi connectivity index (χ1) is 11.6. The van der Waals surface area contributed by atoms with E-state index in [0.29, 0.717) is 19.4 Å². The molecule has 0 saturated heterocycles. The van der Waals surface area contributed by atoms with Crippen LogP contribution in [-0.2, 0) is 14.3 Å². The van der Waals surface area contributed by atoms with Crippen LogP contribution in [0.15, 0.2) is 73.4 Å². The molecule has 0 heterocycles. The molecule has 0 aromatic rings. The molecule has 0 bridgehead atoms. The highest BCUT2D eigenvalue weighted by molar-refractivity contribution is 5.78. The van der Waals surface area contributed by atoms with Crippen molar-refractivity contribution >= 4 is 12.4 Å². The summed E-state index contributed by atoms with van der Waals surface area (Å²) in [5, 5.41) is 0. The molecule has 1 atom stereocenters. The van der Waals surface area contributed by atoms with Gasteiger partial charge in [-0.3, -0.25) is 4.79 Å². The van der Waals surface area contributed by atoms with E-state index in [-0.39, 0.29) is 0 Å². The second-order valence-electron chi connectivity index (χ2n) is 4.97. The molecule has 0 saturated carbocycles. The van der Waals surface area contributed by atoms with Crippen LogP contribution in [-0.4, -0.2) is 37.0 Å². The van der Waals surface area contributed by atoms with E-state index in [0.717, 1.165) is 12.0 Å². The average Bonchev–Trinajstić information content (AvgIpc) is 2.59. The predicted octanol–water partition coefficient (Wildman–Crippen LogP) is 3.75. The topological polar surface area (TPSA) is 46.6 Å². The van der Waals surface area contributed by atoms with Crippen LogP contribution in [0.4, 0.5) is 0 Å². The number of carbonyl (C=O) groups excluding carboxylic acids is 2. The summed E-state index contributed by atoms with van der Waals surface area (Å²) in [6.45, 7) is 9.77. The van der Waals surface area contributed by atoms with Gasteiger partial charge in [0, 0.05) is 13.0 Å². The van der Waals surface area contributed by atoms with Crippen LogP contribution in [0.1, 0.15) is 19.8 Å². The molecule has 1 amide bonds. The van der Waals surface area contributed by atoms with Gasteiger partial charge in [-0.15, -0.1) is 6.58 Å². The van der Waals surface area contributed by atoms with Crippen LogP contribution in [0.2, 0.25) is 0 Å². The highest BCUT2D eigenvalue weighted by atomic mass is 16.5. The van der Waals surface area contributed by atoms with Gasteiger partial charge in [-0.2, -0.15) is 0 Å². The zero-order chi connectivity index (χ0) is 18.2. The largest absolute Gasteiger partial charge is 0.467 e. The molecule has 4 heteroatoms. The fraction of sp³-hybridized carbons (Fsp3) is 0.300. The number of nitrogens with zero attached hydrogens (tertiary/aromatic N) is 1. The second kappa shape index (κ2) is 14.0. The summed E-state index contributed by atoms with van der Waals surface area (Å²) in [4.78, 5) is 24.8.